The van der Waals surface area contributed by atoms with Crippen molar-refractivity contribution in [3.63, 3.8) is 0 Å². The summed E-state index contributed by atoms with van der Waals surface area (Å²) in [5.41, 5.74) is 5.93. The van der Waals surface area contributed by atoms with Crippen LogP contribution in [0.5, 0.6) is 0 Å². The van der Waals surface area contributed by atoms with Gasteiger partial charge in [0.05, 0.1) is 0 Å². The first-order chi connectivity index (χ1) is 9.88. The molecule has 0 unspecified atom stereocenters. The molecule has 0 saturated heterocycles. The predicted octanol–water partition coefficient (Wildman–Crippen LogP) is 4.72. The van der Waals surface area contributed by atoms with E-state index in [9.17, 15) is 0 Å². The molecule has 0 N–H and O–H groups in total. The summed E-state index contributed by atoms with van der Waals surface area (Å²) in [6.07, 6.45) is 4.56. The van der Waals surface area contributed by atoms with Gasteiger partial charge in [0.15, 0.2) is 0 Å². The van der Waals surface area contributed by atoms with E-state index in [2.05, 4.69) is 60.7 Å². The first kappa shape index (κ1) is 11.7. The lowest BCUT2D eigenvalue weighted by molar-refractivity contribution is 0.911. The summed E-state index contributed by atoms with van der Waals surface area (Å²) in [5.74, 6) is 0. The van der Waals surface area contributed by atoms with Gasteiger partial charge in [0.25, 0.3) is 0 Å². The lowest BCUT2D eigenvalue weighted by Crippen LogP contribution is -2.00. The highest BCUT2D eigenvalue weighted by Gasteiger charge is 2.08. The SMILES string of the molecule is c1cc2cc(c1)CCc1cc(cc3ccccc13)CC2. The van der Waals surface area contributed by atoms with Gasteiger partial charge >= 0.3 is 0 Å². The minimum absolute atomic E-state index is 1.14. The minimum atomic E-state index is 1.14. The van der Waals surface area contributed by atoms with E-state index in [4.69, 9.17) is 0 Å². The van der Waals surface area contributed by atoms with Crippen LogP contribution < -0.4 is 0 Å². The molecule has 98 valence electrons. The van der Waals surface area contributed by atoms with Gasteiger partial charge in [-0.15, -0.1) is 0 Å². The van der Waals surface area contributed by atoms with Crippen LogP contribution in [0.4, 0.5) is 0 Å². The fourth-order valence-electron chi connectivity index (χ4n) is 3.32. The molecule has 0 radical (unpaired) electrons. The number of hydrogen-bond donors (Lipinski definition) is 0. The number of aryl methyl sites for hydroxylation is 4. The van der Waals surface area contributed by atoms with Gasteiger partial charge in [-0.3, -0.25) is 0 Å². The molecule has 1 aliphatic carbocycles. The molecule has 3 aromatic rings. The predicted molar refractivity (Wildman–Crippen MR) is 85.2 cm³/mol. The van der Waals surface area contributed by atoms with Crippen molar-refractivity contribution in [1.82, 2.24) is 0 Å². The summed E-state index contributed by atoms with van der Waals surface area (Å²) in [6.45, 7) is 0. The molecule has 1 aliphatic rings. The molecule has 0 heteroatoms. The van der Waals surface area contributed by atoms with Gasteiger partial charge in [-0.05, 0) is 58.7 Å². The third kappa shape index (κ3) is 2.12. The summed E-state index contributed by atoms with van der Waals surface area (Å²) >= 11 is 0. The summed E-state index contributed by atoms with van der Waals surface area (Å²) in [7, 11) is 0. The number of benzene rings is 3. The first-order valence-electron chi connectivity index (χ1n) is 7.47. The van der Waals surface area contributed by atoms with Crippen molar-refractivity contribution in [3.05, 3.63) is 82.9 Å². The average molecular weight is 258 g/mol. The molecule has 0 spiro atoms. The van der Waals surface area contributed by atoms with Gasteiger partial charge < -0.3 is 0 Å². The molecule has 0 atom stereocenters. The molecule has 0 aliphatic heterocycles. The Morgan fingerprint density at radius 2 is 1.30 bits per heavy atom. The second kappa shape index (κ2) is 4.79. The molecule has 0 fully saturated rings. The number of fused-ring (bicyclic) bond motifs is 6. The van der Waals surface area contributed by atoms with Crippen LogP contribution in [-0.4, -0.2) is 0 Å². The second-order valence-electron chi connectivity index (χ2n) is 5.80. The van der Waals surface area contributed by atoms with E-state index in [1.54, 1.807) is 0 Å². The fourth-order valence-corrected chi connectivity index (χ4v) is 3.32. The molecule has 0 heterocycles. The van der Waals surface area contributed by atoms with E-state index in [1.165, 1.54) is 33.0 Å². The second-order valence-corrected chi connectivity index (χ2v) is 5.80. The average Bonchev–Trinajstić information content (AvgIpc) is 2.50. The third-order valence-electron chi connectivity index (χ3n) is 4.38. The monoisotopic (exact) mass is 258 g/mol. The zero-order chi connectivity index (χ0) is 13.4. The van der Waals surface area contributed by atoms with Crippen LogP contribution in [-0.2, 0) is 25.7 Å². The van der Waals surface area contributed by atoms with Crippen LogP contribution in [0.25, 0.3) is 10.8 Å². The maximum absolute atomic E-state index is 2.42. The Hall–Kier alpha value is -2.08. The molecular formula is C20H18. The van der Waals surface area contributed by atoms with Crippen LogP contribution in [0.1, 0.15) is 22.3 Å². The van der Waals surface area contributed by atoms with Crippen LogP contribution in [0.2, 0.25) is 0 Å². The van der Waals surface area contributed by atoms with Crippen LogP contribution in [0.15, 0.2) is 60.7 Å². The van der Waals surface area contributed by atoms with E-state index >= 15 is 0 Å². The Balaban J connectivity index is 1.86. The largest absolute Gasteiger partial charge is 0.0617 e. The minimum Gasteiger partial charge on any atom is -0.0617 e. The third-order valence-corrected chi connectivity index (χ3v) is 4.38. The molecule has 4 rings (SSSR count). The number of hydrogen-bond acceptors (Lipinski definition) is 0. The van der Waals surface area contributed by atoms with E-state index in [1.807, 2.05) is 0 Å². The van der Waals surface area contributed by atoms with E-state index < -0.39 is 0 Å². The Kier molecular flexibility index (Phi) is 2.81. The zero-order valence-electron chi connectivity index (χ0n) is 11.6. The molecule has 0 nitrogen and oxygen atoms in total. The summed E-state index contributed by atoms with van der Waals surface area (Å²) in [6, 6.07) is 22.7. The van der Waals surface area contributed by atoms with E-state index in [0.29, 0.717) is 0 Å². The highest BCUT2D eigenvalue weighted by atomic mass is 14.1. The molecule has 0 aromatic heterocycles. The highest BCUT2D eigenvalue weighted by Crippen LogP contribution is 2.25. The Morgan fingerprint density at radius 3 is 2.20 bits per heavy atom. The van der Waals surface area contributed by atoms with Crippen molar-refractivity contribution >= 4 is 10.8 Å². The van der Waals surface area contributed by atoms with E-state index in [0.717, 1.165) is 25.7 Å². The van der Waals surface area contributed by atoms with Crippen molar-refractivity contribution in [2.45, 2.75) is 25.7 Å². The van der Waals surface area contributed by atoms with E-state index in [-0.39, 0.29) is 0 Å². The van der Waals surface area contributed by atoms with Gasteiger partial charge in [0.2, 0.25) is 0 Å². The molecule has 4 bridgehead atoms. The lowest BCUT2D eigenvalue weighted by atomic mass is 9.91. The van der Waals surface area contributed by atoms with Crippen LogP contribution in [0.3, 0.4) is 0 Å². The smallest absolute Gasteiger partial charge is 0.0152 e. The standard InChI is InChI=1S/C20H18/c1-2-7-20-18(6-1)13-17-9-8-15-4-3-5-16(12-15)10-11-19(20)14-17/h1-7,12-14H,8-11H2. The van der Waals surface area contributed by atoms with Crippen LogP contribution in [0, 0.1) is 0 Å². The fraction of sp³-hybridized carbons (Fsp3) is 0.200. The Bertz CT molecular complexity index is 768. The van der Waals surface area contributed by atoms with Gasteiger partial charge in [0.1, 0.15) is 0 Å². The molecule has 3 aromatic carbocycles. The van der Waals surface area contributed by atoms with Gasteiger partial charge in [-0.1, -0.05) is 60.7 Å². The Morgan fingerprint density at radius 1 is 0.550 bits per heavy atom. The molecule has 0 amide bonds. The molecular weight excluding hydrogens is 240 g/mol. The van der Waals surface area contributed by atoms with Crippen LogP contribution >= 0.6 is 0 Å². The van der Waals surface area contributed by atoms with Gasteiger partial charge in [0, 0.05) is 0 Å². The lowest BCUT2D eigenvalue weighted by Gasteiger charge is -2.14. The maximum atomic E-state index is 2.42. The van der Waals surface area contributed by atoms with Crippen molar-refractivity contribution in [2.75, 3.05) is 0 Å². The van der Waals surface area contributed by atoms with Crippen molar-refractivity contribution in [1.29, 1.82) is 0 Å². The highest BCUT2D eigenvalue weighted by molar-refractivity contribution is 5.86. The summed E-state index contributed by atoms with van der Waals surface area (Å²) < 4.78 is 0. The van der Waals surface area contributed by atoms with Gasteiger partial charge in [-0.25, -0.2) is 0 Å². The zero-order valence-corrected chi connectivity index (χ0v) is 11.6. The molecule has 0 saturated carbocycles. The van der Waals surface area contributed by atoms with Crippen molar-refractivity contribution in [2.24, 2.45) is 0 Å². The quantitative estimate of drug-likeness (QED) is 0.547. The maximum Gasteiger partial charge on any atom is -0.0152 e. The summed E-state index contributed by atoms with van der Waals surface area (Å²) in [4.78, 5) is 0. The topological polar surface area (TPSA) is 0 Å². The van der Waals surface area contributed by atoms with Gasteiger partial charge in [-0.2, -0.15) is 0 Å². The molecule has 20 heavy (non-hydrogen) atoms. The summed E-state index contributed by atoms with van der Waals surface area (Å²) in [5, 5.41) is 2.82. The van der Waals surface area contributed by atoms with Crippen molar-refractivity contribution < 1.29 is 0 Å². The number of rotatable bonds is 0. The normalized spacial score (nSPS) is 14.2. The van der Waals surface area contributed by atoms with Crippen molar-refractivity contribution in [3.8, 4) is 0 Å². The first-order valence-corrected chi connectivity index (χ1v) is 7.47. The Labute approximate surface area is 120 Å².